The first-order chi connectivity index (χ1) is 14.5. The highest BCUT2D eigenvalue weighted by Crippen LogP contribution is 2.33. The summed E-state index contributed by atoms with van der Waals surface area (Å²) in [6.07, 6.45) is 2.32. The fourth-order valence-corrected chi connectivity index (χ4v) is 4.17. The summed E-state index contributed by atoms with van der Waals surface area (Å²) in [6.45, 7) is 0.630. The smallest absolute Gasteiger partial charge is 0.315 e. The highest BCUT2D eigenvalue weighted by atomic mass is 32.1. The van der Waals surface area contributed by atoms with Crippen molar-refractivity contribution in [3.8, 4) is 5.75 Å². The van der Waals surface area contributed by atoms with Gasteiger partial charge in [-0.25, -0.2) is 4.98 Å². The van der Waals surface area contributed by atoms with Crippen LogP contribution < -0.4 is 20.3 Å². The van der Waals surface area contributed by atoms with Gasteiger partial charge in [-0.2, -0.15) is 0 Å². The highest BCUT2D eigenvalue weighted by molar-refractivity contribution is 7.22. The Bertz CT molecular complexity index is 1090. The molecule has 30 heavy (non-hydrogen) atoms. The molecule has 3 amide bonds. The second-order valence-corrected chi connectivity index (χ2v) is 7.81. The standard InChI is InChI=1S/C21H20N4O4S/c1-29-16-12-13(9-10-15(16)25-11-5-4-8-18(25)26)22-19(27)20(28)24-21-23-14-6-2-3-7-17(14)30-21/h2-3,6-7,9-10,12H,4-5,8,11H2,1H3,(H,22,27)(H,23,24,28). The zero-order valence-electron chi connectivity index (χ0n) is 16.3. The first kappa shape index (κ1) is 19.8. The van der Waals surface area contributed by atoms with Crippen LogP contribution in [0.5, 0.6) is 5.75 Å². The van der Waals surface area contributed by atoms with Gasteiger partial charge in [-0.05, 0) is 37.1 Å². The molecule has 1 aliphatic rings. The van der Waals surface area contributed by atoms with Crippen LogP contribution in [0.1, 0.15) is 19.3 Å². The van der Waals surface area contributed by atoms with Gasteiger partial charge >= 0.3 is 11.8 Å². The first-order valence-corrected chi connectivity index (χ1v) is 10.3. The van der Waals surface area contributed by atoms with Crippen molar-refractivity contribution in [1.29, 1.82) is 0 Å². The van der Waals surface area contributed by atoms with Gasteiger partial charge < -0.3 is 15.0 Å². The summed E-state index contributed by atoms with van der Waals surface area (Å²) in [4.78, 5) is 42.8. The third-order valence-corrected chi connectivity index (χ3v) is 5.72. The van der Waals surface area contributed by atoms with Gasteiger partial charge in [0.25, 0.3) is 0 Å². The number of carbonyl (C=O) groups excluding carboxylic acids is 3. The lowest BCUT2D eigenvalue weighted by Gasteiger charge is -2.28. The number of para-hydroxylation sites is 1. The van der Waals surface area contributed by atoms with E-state index in [1.54, 1.807) is 23.1 Å². The van der Waals surface area contributed by atoms with Crippen molar-refractivity contribution in [2.24, 2.45) is 0 Å². The van der Waals surface area contributed by atoms with Crippen LogP contribution >= 0.6 is 11.3 Å². The van der Waals surface area contributed by atoms with Crippen molar-refractivity contribution in [1.82, 2.24) is 4.98 Å². The number of aromatic nitrogens is 1. The van der Waals surface area contributed by atoms with Crippen LogP contribution in [0.3, 0.4) is 0 Å². The maximum Gasteiger partial charge on any atom is 0.315 e. The van der Waals surface area contributed by atoms with Crippen molar-refractivity contribution in [2.45, 2.75) is 19.3 Å². The molecule has 0 radical (unpaired) electrons. The number of piperidine rings is 1. The van der Waals surface area contributed by atoms with E-state index in [0.29, 0.717) is 35.2 Å². The summed E-state index contributed by atoms with van der Waals surface area (Å²) in [5.41, 5.74) is 1.80. The average Bonchev–Trinajstić information content (AvgIpc) is 3.16. The zero-order valence-corrected chi connectivity index (χ0v) is 17.1. The molecule has 0 saturated carbocycles. The molecule has 3 aromatic rings. The molecule has 1 aromatic heterocycles. The predicted molar refractivity (Wildman–Crippen MR) is 116 cm³/mol. The molecule has 2 aromatic carbocycles. The molecule has 2 heterocycles. The van der Waals surface area contributed by atoms with Crippen LogP contribution in [0.2, 0.25) is 0 Å². The number of hydrogen-bond donors (Lipinski definition) is 2. The van der Waals surface area contributed by atoms with Gasteiger partial charge in [0.2, 0.25) is 5.91 Å². The number of fused-ring (bicyclic) bond motifs is 1. The molecule has 0 bridgehead atoms. The quantitative estimate of drug-likeness (QED) is 0.625. The number of nitrogens with zero attached hydrogens (tertiary/aromatic N) is 2. The number of nitrogens with one attached hydrogen (secondary N) is 2. The van der Waals surface area contributed by atoms with Gasteiger partial charge in [0.15, 0.2) is 5.13 Å². The average molecular weight is 424 g/mol. The summed E-state index contributed by atoms with van der Waals surface area (Å²) >= 11 is 1.29. The lowest BCUT2D eigenvalue weighted by molar-refractivity contribution is -0.132. The van der Waals surface area contributed by atoms with Gasteiger partial charge in [0.1, 0.15) is 5.75 Å². The molecule has 154 valence electrons. The second kappa shape index (κ2) is 8.50. The molecule has 4 rings (SSSR count). The van der Waals surface area contributed by atoms with E-state index in [-0.39, 0.29) is 5.91 Å². The minimum atomic E-state index is -0.821. The molecule has 8 nitrogen and oxygen atoms in total. The minimum absolute atomic E-state index is 0.0477. The first-order valence-electron chi connectivity index (χ1n) is 9.51. The van der Waals surface area contributed by atoms with Crippen molar-refractivity contribution in [3.63, 3.8) is 0 Å². The Kier molecular flexibility index (Phi) is 5.62. The topological polar surface area (TPSA) is 101 Å². The van der Waals surface area contributed by atoms with Crippen LogP contribution in [0.25, 0.3) is 10.2 Å². The van der Waals surface area contributed by atoms with E-state index in [4.69, 9.17) is 4.74 Å². The molecule has 1 saturated heterocycles. The predicted octanol–water partition coefficient (Wildman–Crippen LogP) is 3.40. The maximum atomic E-state index is 12.3. The summed E-state index contributed by atoms with van der Waals surface area (Å²) in [7, 11) is 1.50. The van der Waals surface area contributed by atoms with Crippen molar-refractivity contribution in [2.75, 3.05) is 29.2 Å². The number of rotatable bonds is 4. The third kappa shape index (κ3) is 4.11. The molecule has 0 aliphatic carbocycles. The van der Waals surface area contributed by atoms with E-state index in [9.17, 15) is 14.4 Å². The van der Waals surface area contributed by atoms with Gasteiger partial charge in [-0.1, -0.05) is 23.5 Å². The van der Waals surface area contributed by atoms with Crippen molar-refractivity contribution >= 4 is 55.8 Å². The minimum Gasteiger partial charge on any atom is -0.494 e. The Labute approximate surface area is 176 Å². The second-order valence-electron chi connectivity index (χ2n) is 6.78. The molecular weight excluding hydrogens is 404 g/mol. The number of carbonyl (C=O) groups is 3. The summed E-state index contributed by atoms with van der Waals surface area (Å²) < 4.78 is 6.32. The zero-order chi connectivity index (χ0) is 21.1. The number of anilines is 3. The molecule has 1 fully saturated rings. The fourth-order valence-electron chi connectivity index (χ4n) is 3.31. The van der Waals surface area contributed by atoms with Crippen LogP contribution in [0.15, 0.2) is 42.5 Å². The SMILES string of the molecule is COc1cc(NC(=O)C(=O)Nc2nc3ccccc3s2)ccc1N1CCCCC1=O. The highest BCUT2D eigenvalue weighted by Gasteiger charge is 2.23. The molecule has 2 N–H and O–H groups in total. The fraction of sp³-hybridized carbons (Fsp3) is 0.238. The Morgan fingerprint density at radius 3 is 2.67 bits per heavy atom. The van der Waals surface area contributed by atoms with Crippen LogP contribution in [-0.2, 0) is 14.4 Å². The van der Waals surface area contributed by atoms with E-state index in [1.165, 1.54) is 18.4 Å². The monoisotopic (exact) mass is 424 g/mol. The molecule has 1 aliphatic heterocycles. The normalized spacial score (nSPS) is 13.9. The van der Waals surface area contributed by atoms with Gasteiger partial charge in [-0.15, -0.1) is 0 Å². The number of thiazole rings is 1. The van der Waals surface area contributed by atoms with Gasteiger partial charge in [0, 0.05) is 24.7 Å². The van der Waals surface area contributed by atoms with Gasteiger partial charge in [-0.3, -0.25) is 19.7 Å². The van der Waals surface area contributed by atoms with Crippen LogP contribution in [-0.4, -0.2) is 36.4 Å². The number of amides is 3. The lowest BCUT2D eigenvalue weighted by atomic mass is 10.1. The van der Waals surface area contributed by atoms with Crippen molar-refractivity contribution < 1.29 is 19.1 Å². The van der Waals surface area contributed by atoms with E-state index >= 15 is 0 Å². The Morgan fingerprint density at radius 1 is 1.10 bits per heavy atom. The van der Waals surface area contributed by atoms with Crippen LogP contribution in [0, 0.1) is 0 Å². The maximum absolute atomic E-state index is 12.3. The largest absolute Gasteiger partial charge is 0.494 e. The Hall–Kier alpha value is -3.46. The third-order valence-electron chi connectivity index (χ3n) is 4.77. The summed E-state index contributed by atoms with van der Waals surface area (Å²) in [5, 5.41) is 5.43. The van der Waals surface area contributed by atoms with E-state index < -0.39 is 11.8 Å². The Morgan fingerprint density at radius 2 is 1.90 bits per heavy atom. The van der Waals surface area contributed by atoms with E-state index in [2.05, 4.69) is 15.6 Å². The molecule has 9 heteroatoms. The molecule has 0 unspecified atom stereocenters. The van der Waals surface area contributed by atoms with Crippen molar-refractivity contribution in [3.05, 3.63) is 42.5 Å². The summed E-state index contributed by atoms with van der Waals surface area (Å²) in [5.74, 6) is -1.14. The number of ether oxygens (including phenoxy) is 1. The van der Waals surface area contributed by atoms with E-state index in [1.807, 2.05) is 24.3 Å². The number of methoxy groups -OCH3 is 1. The number of hydrogen-bond acceptors (Lipinski definition) is 6. The molecular formula is C21H20N4O4S. The Balaban J connectivity index is 1.45. The van der Waals surface area contributed by atoms with Crippen LogP contribution in [0.4, 0.5) is 16.5 Å². The van der Waals surface area contributed by atoms with Gasteiger partial charge in [0.05, 0.1) is 23.0 Å². The van der Waals surface area contributed by atoms with E-state index in [0.717, 1.165) is 23.1 Å². The molecule has 0 spiro atoms. The summed E-state index contributed by atoms with van der Waals surface area (Å²) in [6, 6.07) is 12.4. The molecule has 0 atom stereocenters. The number of benzene rings is 2. The lowest BCUT2D eigenvalue weighted by Crippen LogP contribution is -2.35.